The standard InChI is InChI=1S/C18H18ClNO3S/c1-3-23-18(22)13-5-4-6-15(11-13)20-17(21)12(2)24-16-9-7-14(19)8-10-16/h4-12H,3H2,1-2H3,(H,20,21)/t12-/m0/s1. The molecular weight excluding hydrogens is 346 g/mol. The monoisotopic (exact) mass is 363 g/mol. The molecule has 0 aliphatic heterocycles. The first-order chi connectivity index (χ1) is 11.5. The van der Waals surface area contributed by atoms with Crippen molar-refractivity contribution in [2.45, 2.75) is 24.0 Å². The third-order valence-corrected chi connectivity index (χ3v) is 4.50. The Hall–Kier alpha value is -1.98. The second-order valence-electron chi connectivity index (χ2n) is 5.00. The number of benzene rings is 2. The van der Waals surface area contributed by atoms with Crippen molar-refractivity contribution < 1.29 is 14.3 Å². The maximum Gasteiger partial charge on any atom is 0.338 e. The number of esters is 1. The minimum atomic E-state index is -0.405. The van der Waals surface area contributed by atoms with Crippen LogP contribution in [-0.2, 0) is 9.53 Å². The third kappa shape index (κ3) is 5.28. The first-order valence-corrected chi connectivity index (χ1v) is 8.75. The molecule has 4 nitrogen and oxygen atoms in total. The van der Waals surface area contributed by atoms with E-state index in [0.717, 1.165) is 4.90 Å². The maximum atomic E-state index is 12.3. The SMILES string of the molecule is CCOC(=O)c1cccc(NC(=O)[C@H](C)Sc2ccc(Cl)cc2)c1. The molecule has 0 aliphatic carbocycles. The average Bonchev–Trinajstić information content (AvgIpc) is 2.57. The molecule has 0 radical (unpaired) electrons. The Morgan fingerprint density at radius 1 is 1.21 bits per heavy atom. The van der Waals surface area contributed by atoms with Gasteiger partial charge >= 0.3 is 5.97 Å². The van der Waals surface area contributed by atoms with Gasteiger partial charge in [0.1, 0.15) is 0 Å². The van der Waals surface area contributed by atoms with Crippen molar-refractivity contribution in [1.82, 2.24) is 0 Å². The number of amides is 1. The zero-order chi connectivity index (χ0) is 17.5. The maximum absolute atomic E-state index is 12.3. The van der Waals surface area contributed by atoms with Gasteiger partial charge in [-0.1, -0.05) is 17.7 Å². The molecule has 1 N–H and O–H groups in total. The van der Waals surface area contributed by atoms with Gasteiger partial charge in [0.25, 0.3) is 0 Å². The Labute approximate surface area is 150 Å². The van der Waals surface area contributed by atoms with Crippen molar-refractivity contribution in [2.24, 2.45) is 0 Å². The summed E-state index contributed by atoms with van der Waals surface area (Å²) >= 11 is 7.29. The molecule has 0 saturated heterocycles. The highest BCUT2D eigenvalue weighted by atomic mass is 35.5. The molecule has 0 aliphatic rings. The van der Waals surface area contributed by atoms with Crippen molar-refractivity contribution in [1.29, 1.82) is 0 Å². The largest absolute Gasteiger partial charge is 0.462 e. The first-order valence-electron chi connectivity index (χ1n) is 7.50. The average molecular weight is 364 g/mol. The zero-order valence-electron chi connectivity index (χ0n) is 13.4. The minimum Gasteiger partial charge on any atom is -0.462 e. The molecule has 1 amide bonds. The fourth-order valence-electron chi connectivity index (χ4n) is 1.95. The lowest BCUT2D eigenvalue weighted by Gasteiger charge is -2.12. The predicted octanol–water partition coefficient (Wildman–Crippen LogP) is 4.64. The Morgan fingerprint density at radius 3 is 2.58 bits per heavy atom. The summed E-state index contributed by atoms with van der Waals surface area (Å²) in [6.07, 6.45) is 0. The van der Waals surface area contributed by atoms with Gasteiger partial charge in [0.15, 0.2) is 0 Å². The van der Waals surface area contributed by atoms with Gasteiger partial charge in [-0.15, -0.1) is 11.8 Å². The molecule has 0 aromatic heterocycles. The lowest BCUT2D eigenvalue weighted by Crippen LogP contribution is -2.22. The lowest BCUT2D eigenvalue weighted by molar-refractivity contribution is -0.115. The molecule has 0 bridgehead atoms. The lowest BCUT2D eigenvalue weighted by atomic mass is 10.2. The van der Waals surface area contributed by atoms with E-state index in [9.17, 15) is 9.59 Å². The van der Waals surface area contributed by atoms with Crippen molar-refractivity contribution in [2.75, 3.05) is 11.9 Å². The number of carbonyl (C=O) groups excluding carboxylic acids is 2. The smallest absolute Gasteiger partial charge is 0.338 e. The van der Waals surface area contributed by atoms with E-state index in [0.29, 0.717) is 22.9 Å². The van der Waals surface area contributed by atoms with Crippen molar-refractivity contribution >= 4 is 40.9 Å². The highest BCUT2D eigenvalue weighted by Crippen LogP contribution is 2.25. The van der Waals surface area contributed by atoms with E-state index in [1.54, 1.807) is 43.3 Å². The van der Waals surface area contributed by atoms with Crippen molar-refractivity contribution in [3.63, 3.8) is 0 Å². The summed E-state index contributed by atoms with van der Waals surface area (Å²) in [7, 11) is 0. The summed E-state index contributed by atoms with van der Waals surface area (Å²) in [6.45, 7) is 3.88. The number of halogens is 1. The molecule has 0 heterocycles. The van der Waals surface area contributed by atoms with Gasteiger partial charge in [-0.25, -0.2) is 4.79 Å². The number of thioether (sulfide) groups is 1. The number of hydrogen-bond donors (Lipinski definition) is 1. The van der Waals surface area contributed by atoms with Crippen LogP contribution in [0.1, 0.15) is 24.2 Å². The third-order valence-electron chi connectivity index (χ3n) is 3.14. The fraction of sp³-hybridized carbons (Fsp3) is 0.222. The molecule has 1 atom stereocenters. The Kier molecular flexibility index (Phi) is 6.70. The Morgan fingerprint density at radius 2 is 1.92 bits per heavy atom. The summed E-state index contributed by atoms with van der Waals surface area (Å²) in [5, 5.41) is 3.18. The second-order valence-corrected chi connectivity index (χ2v) is 6.86. The van der Waals surface area contributed by atoms with Crippen LogP contribution in [0.15, 0.2) is 53.4 Å². The number of hydrogen-bond acceptors (Lipinski definition) is 4. The highest BCUT2D eigenvalue weighted by Gasteiger charge is 2.15. The van der Waals surface area contributed by atoms with Gasteiger partial charge in [-0.05, 0) is 56.3 Å². The molecule has 24 heavy (non-hydrogen) atoms. The number of nitrogens with one attached hydrogen (secondary N) is 1. The van der Waals surface area contributed by atoms with Gasteiger partial charge in [-0.3, -0.25) is 4.79 Å². The summed E-state index contributed by atoms with van der Waals surface area (Å²) in [5.41, 5.74) is 0.974. The van der Waals surface area contributed by atoms with E-state index < -0.39 is 5.97 Å². The van der Waals surface area contributed by atoms with Crippen molar-refractivity contribution in [3.8, 4) is 0 Å². The molecule has 0 unspecified atom stereocenters. The number of rotatable bonds is 6. The Bertz CT molecular complexity index is 718. The summed E-state index contributed by atoms with van der Waals surface area (Å²) in [5.74, 6) is -0.548. The number of carbonyl (C=O) groups is 2. The van der Waals surface area contributed by atoms with Crippen LogP contribution in [0.2, 0.25) is 5.02 Å². The molecular formula is C18H18ClNO3S. The number of anilines is 1. The second kappa shape index (κ2) is 8.76. The van der Waals surface area contributed by atoms with E-state index in [-0.39, 0.29) is 11.2 Å². The van der Waals surface area contributed by atoms with Gasteiger partial charge in [0.2, 0.25) is 5.91 Å². The summed E-state index contributed by atoms with van der Waals surface area (Å²) in [6, 6.07) is 14.0. The zero-order valence-corrected chi connectivity index (χ0v) is 15.0. The molecule has 0 spiro atoms. The van der Waals surface area contributed by atoms with Crippen LogP contribution in [0.3, 0.4) is 0 Å². The fourth-order valence-corrected chi connectivity index (χ4v) is 2.95. The van der Waals surface area contributed by atoms with Gasteiger partial charge in [0.05, 0.1) is 17.4 Å². The highest BCUT2D eigenvalue weighted by molar-refractivity contribution is 8.00. The minimum absolute atomic E-state index is 0.143. The normalized spacial score (nSPS) is 11.6. The molecule has 2 aromatic carbocycles. The van der Waals surface area contributed by atoms with Gasteiger partial charge in [0, 0.05) is 15.6 Å². The molecule has 0 saturated carbocycles. The van der Waals surface area contributed by atoms with E-state index in [4.69, 9.17) is 16.3 Å². The van der Waals surface area contributed by atoms with E-state index in [1.807, 2.05) is 19.1 Å². The number of ether oxygens (including phenoxy) is 1. The molecule has 2 rings (SSSR count). The molecule has 2 aromatic rings. The van der Waals surface area contributed by atoms with Crippen LogP contribution >= 0.6 is 23.4 Å². The quantitative estimate of drug-likeness (QED) is 0.600. The summed E-state index contributed by atoms with van der Waals surface area (Å²) < 4.78 is 4.96. The van der Waals surface area contributed by atoms with Crippen LogP contribution in [0.25, 0.3) is 0 Å². The van der Waals surface area contributed by atoms with Crippen LogP contribution in [0, 0.1) is 0 Å². The molecule has 6 heteroatoms. The van der Waals surface area contributed by atoms with Crippen LogP contribution in [0.4, 0.5) is 5.69 Å². The summed E-state index contributed by atoms with van der Waals surface area (Å²) in [4.78, 5) is 25.0. The van der Waals surface area contributed by atoms with Crippen molar-refractivity contribution in [3.05, 3.63) is 59.1 Å². The van der Waals surface area contributed by atoms with Crippen LogP contribution in [0.5, 0.6) is 0 Å². The van der Waals surface area contributed by atoms with Gasteiger partial charge in [-0.2, -0.15) is 0 Å². The first kappa shape index (κ1) is 18.4. The Balaban J connectivity index is 1.99. The van der Waals surface area contributed by atoms with E-state index in [1.165, 1.54) is 11.8 Å². The molecule has 126 valence electrons. The predicted molar refractivity (Wildman–Crippen MR) is 97.8 cm³/mol. The van der Waals surface area contributed by atoms with E-state index >= 15 is 0 Å². The van der Waals surface area contributed by atoms with E-state index in [2.05, 4.69) is 5.32 Å². The van der Waals surface area contributed by atoms with Crippen LogP contribution in [-0.4, -0.2) is 23.7 Å². The van der Waals surface area contributed by atoms with Gasteiger partial charge < -0.3 is 10.1 Å². The topological polar surface area (TPSA) is 55.4 Å². The van der Waals surface area contributed by atoms with Crippen LogP contribution < -0.4 is 5.32 Å². The molecule has 0 fully saturated rings.